The van der Waals surface area contributed by atoms with Crippen molar-refractivity contribution >= 4 is 29.4 Å². The van der Waals surface area contributed by atoms with Gasteiger partial charge in [-0.05, 0) is 66.8 Å². The summed E-state index contributed by atoms with van der Waals surface area (Å²) in [4.78, 5) is 7.43. The highest BCUT2D eigenvalue weighted by Crippen LogP contribution is 2.24. The van der Waals surface area contributed by atoms with E-state index in [1.807, 2.05) is 42.5 Å². The number of piperidine rings is 1. The van der Waals surface area contributed by atoms with Gasteiger partial charge in [0.05, 0.1) is 17.6 Å². The molecule has 0 spiro atoms. The Morgan fingerprint density at radius 2 is 1.68 bits per heavy atom. The Morgan fingerprint density at radius 3 is 2.41 bits per heavy atom. The van der Waals surface area contributed by atoms with Crippen LogP contribution in [0.4, 0.5) is 10.3 Å². The third-order valence-electron chi connectivity index (χ3n) is 6.84. The van der Waals surface area contributed by atoms with Gasteiger partial charge in [0.1, 0.15) is 18.2 Å². The van der Waals surface area contributed by atoms with Crippen molar-refractivity contribution in [3.8, 4) is 5.75 Å². The molecule has 0 unspecified atom stereocenters. The normalized spacial score (nSPS) is 14.3. The highest BCUT2D eigenvalue weighted by molar-refractivity contribution is 5.85. The molecule has 5 rings (SSSR count). The van der Waals surface area contributed by atoms with Crippen LogP contribution >= 0.6 is 12.4 Å². The van der Waals surface area contributed by atoms with E-state index in [0.29, 0.717) is 19.2 Å². The minimum absolute atomic E-state index is 0. The van der Waals surface area contributed by atoms with E-state index in [1.54, 1.807) is 6.08 Å². The maximum Gasteiger partial charge on any atom is 0.204 e. The number of para-hydroxylation sites is 2. The largest absolute Gasteiger partial charge is 0.490 e. The zero-order valence-corrected chi connectivity index (χ0v) is 21.8. The van der Waals surface area contributed by atoms with Gasteiger partial charge in [0.2, 0.25) is 5.95 Å². The minimum atomic E-state index is -0.214. The number of likely N-dealkylation sites (tertiary alicyclic amines) is 1. The van der Waals surface area contributed by atoms with E-state index in [-0.39, 0.29) is 18.2 Å². The highest BCUT2D eigenvalue weighted by Gasteiger charge is 2.21. The Morgan fingerprint density at radius 1 is 0.973 bits per heavy atom. The van der Waals surface area contributed by atoms with E-state index in [1.165, 1.54) is 17.7 Å². The maximum absolute atomic E-state index is 13.4. The first-order valence-electron chi connectivity index (χ1n) is 12.7. The van der Waals surface area contributed by atoms with Crippen molar-refractivity contribution < 1.29 is 9.13 Å². The average Bonchev–Trinajstić information content (AvgIpc) is 3.25. The molecule has 1 aliphatic heterocycles. The number of hydrogen-bond donors (Lipinski definition) is 1. The number of rotatable bonds is 10. The molecule has 0 amide bonds. The number of anilines is 1. The van der Waals surface area contributed by atoms with Gasteiger partial charge in [-0.25, -0.2) is 9.37 Å². The van der Waals surface area contributed by atoms with Crippen LogP contribution in [-0.4, -0.2) is 46.7 Å². The molecule has 0 radical (unpaired) electrons. The van der Waals surface area contributed by atoms with Gasteiger partial charge in [-0.1, -0.05) is 49.1 Å². The predicted molar refractivity (Wildman–Crippen MR) is 151 cm³/mol. The molecule has 194 valence electrons. The molecular formula is C30H34ClFN4O. The quantitative estimate of drug-likeness (QED) is 0.248. The molecule has 37 heavy (non-hydrogen) atoms. The lowest BCUT2D eigenvalue weighted by molar-refractivity contribution is 0.221. The maximum atomic E-state index is 13.4. The van der Waals surface area contributed by atoms with Gasteiger partial charge in [-0.3, -0.25) is 0 Å². The van der Waals surface area contributed by atoms with Crippen molar-refractivity contribution in [3.05, 3.63) is 102 Å². The molecule has 3 aromatic carbocycles. The number of nitrogens with zero attached hydrogens (tertiary/aromatic N) is 3. The molecule has 0 aliphatic carbocycles. The number of hydrogen-bond acceptors (Lipinski definition) is 4. The second kappa shape index (κ2) is 12.7. The van der Waals surface area contributed by atoms with Gasteiger partial charge in [0, 0.05) is 25.7 Å². The van der Waals surface area contributed by atoms with Crippen LogP contribution in [0.15, 0.2) is 85.5 Å². The lowest BCUT2D eigenvalue weighted by Gasteiger charge is -2.32. The van der Waals surface area contributed by atoms with Gasteiger partial charge in [-0.2, -0.15) is 0 Å². The van der Waals surface area contributed by atoms with E-state index >= 15 is 0 Å². The number of nitrogens with one attached hydrogen (secondary N) is 1. The van der Waals surface area contributed by atoms with Crippen LogP contribution in [-0.2, 0) is 13.0 Å². The molecule has 0 atom stereocenters. The fourth-order valence-corrected chi connectivity index (χ4v) is 4.80. The van der Waals surface area contributed by atoms with Gasteiger partial charge in [-0.15, -0.1) is 12.4 Å². The number of imidazole rings is 1. The molecule has 1 aliphatic rings. The molecule has 4 aromatic rings. The summed E-state index contributed by atoms with van der Waals surface area (Å²) in [6.07, 6.45) is 4.95. The predicted octanol–water partition coefficient (Wildman–Crippen LogP) is 6.33. The van der Waals surface area contributed by atoms with Crippen molar-refractivity contribution in [1.82, 2.24) is 14.5 Å². The number of benzene rings is 3. The second-order valence-electron chi connectivity index (χ2n) is 9.39. The first-order valence-corrected chi connectivity index (χ1v) is 12.7. The Hall–Kier alpha value is -3.35. The molecule has 1 fully saturated rings. The smallest absolute Gasteiger partial charge is 0.204 e. The van der Waals surface area contributed by atoms with Crippen LogP contribution in [0.25, 0.3) is 11.0 Å². The third-order valence-corrected chi connectivity index (χ3v) is 6.84. The topological polar surface area (TPSA) is 42.3 Å². The standard InChI is InChI=1S/C30H33FN4O.ClH/c1-2-21-36-27-13-9-23(10-14-27)15-18-34-19-16-26(17-20-34)32-30-33-28-5-3-4-6-29(28)35(30)22-24-7-11-25(31)12-8-24;/h2-14,26H,1,15-22H2,(H,32,33);1H. The number of ether oxygens (including phenoxy) is 1. The zero-order chi connectivity index (χ0) is 24.7. The molecule has 0 saturated carbocycles. The van der Waals surface area contributed by atoms with E-state index in [0.717, 1.165) is 67.2 Å². The Labute approximate surface area is 224 Å². The monoisotopic (exact) mass is 520 g/mol. The lowest BCUT2D eigenvalue weighted by Crippen LogP contribution is -2.40. The zero-order valence-electron chi connectivity index (χ0n) is 21.0. The van der Waals surface area contributed by atoms with Gasteiger partial charge >= 0.3 is 0 Å². The second-order valence-corrected chi connectivity index (χ2v) is 9.39. The fraction of sp³-hybridized carbons (Fsp3) is 0.300. The van der Waals surface area contributed by atoms with Gasteiger partial charge < -0.3 is 19.5 Å². The molecule has 1 aromatic heterocycles. The van der Waals surface area contributed by atoms with Crippen LogP contribution in [0.2, 0.25) is 0 Å². The number of halogens is 2. The van der Waals surface area contributed by atoms with Crippen molar-refractivity contribution in [3.63, 3.8) is 0 Å². The lowest BCUT2D eigenvalue weighted by atomic mass is 10.0. The van der Waals surface area contributed by atoms with E-state index in [4.69, 9.17) is 9.72 Å². The van der Waals surface area contributed by atoms with Gasteiger partial charge in [0.15, 0.2) is 0 Å². The molecule has 1 saturated heterocycles. The summed E-state index contributed by atoms with van der Waals surface area (Å²) >= 11 is 0. The van der Waals surface area contributed by atoms with Crippen molar-refractivity contribution in [2.45, 2.75) is 31.8 Å². The first-order chi connectivity index (χ1) is 17.7. The van der Waals surface area contributed by atoms with E-state index in [2.05, 4.69) is 39.6 Å². The number of fused-ring (bicyclic) bond motifs is 1. The van der Waals surface area contributed by atoms with Crippen molar-refractivity contribution in [2.75, 3.05) is 31.6 Å². The molecule has 1 N–H and O–H groups in total. The molecule has 2 heterocycles. The SMILES string of the molecule is C=CCOc1ccc(CCN2CCC(Nc3nc4ccccc4n3Cc3ccc(F)cc3)CC2)cc1.Cl. The van der Waals surface area contributed by atoms with Crippen molar-refractivity contribution in [2.24, 2.45) is 0 Å². The summed E-state index contributed by atoms with van der Waals surface area (Å²) in [6, 6.07) is 23.7. The summed E-state index contributed by atoms with van der Waals surface area (Å²) < 4.78 is 21.2. The van der Waals surface area contributed by atoms with E-state index < -0.39 is 0 Å². The molecule has 0 bridgehead atoms. The highest BCUT2D eigenvalue weighted by atomic mass is 35.5. The summed E-state index contributed by atoms with van der Waals surface area (Å²) in [5, 5.41) is 3.72. The molecule has 7 heteroatoms. The van der Waals surface area contributed by atoms with Crippen LogP contribution < -0.4 is 10.1 Å². The Balaban J connectivity index is 0.00000320. The average molecular weight is 521 g/mol. The summed E-state index contributed by atoms with van der Waals surface area (Å²) in [5.41, 5.74) is 4.44. The van der Waals surface area contributed by atoms with Crippen LogP contribution in [0, 0.1) is 5.82 Å². The molecule has 5 nitrogen and oxygen atoms in total. The molecular weight excluding hydrogens is 487 g/mol. The Kier molecular flexibility index (Phi) is 9.20. The van der Waals surface area contributed by atoms with Crippen molar-refractivity contribution in [1.29, 1.82) is 0 Å². The first kappa shape index (κ1) is 26.7. The van der Waals surface area contributed by atoms with Crippen LogP contribution in [0.1, 0.15) is 24.0 Å². The minimum Gasteiger partial charge on any atom is -0.490 e. The van der Waals surface area contributed by atoms with Crippen LogP contribution in [0.3, 0.4) is 0 Å². The fourth-order valence-electron chi connectivity index (χ4n) is 4.80. The van der Waals surface area contributed by atoms with Crippen LogP contribution in [0.5, 0.6) is 5.75 Å². The summed E-state index contributed by atoms with van der Waals surface area (Å²) in [5.74, 6) is 1.56. The van der Waals surface area contributed by atoms with E-state index in [9.17, 15) is 4.39 Å². The van der Waals surface area contributed by atoms with Gasteiger partial charge in [0.25, 0.3) is 0 Å². The summed E-state index contributed by atoms with van der Waals surface area (Å²) in [7, 11) is 0. The number of aromatic nitrogens is 2. The third kappa shape index (κ3) is 6.90. The summed E-state index contributed by atoms with van der Waals surface area (Å²) in [6.45, 7) is 8.06. The Bertz CT molecular complexity index is 1280.